The molecule has 0 atom stereocenters. The number of nitrogens with one attached hydrogen (secondary N) is 2. The molecule has 0 bridgehead atoms. The van der Waals surface area contributed by atoms with Crippen LogP contribution in [-0.4, -0.2) is 43.4 Å². The second-order valence-electron chi connectivity index (χ2n) is 6.69. The number of benzene rings is 1. The van der Waals surface area contributed by atoms with Crippen LogP contribution in [0.5, 0.6) is 0 Å². The van der Waals surface area contributed by atoms with E-state index in [9.17, 15) is 4.79 Å². The second-order valence-corrected chi connectivity index (χ2v) is 7.10. The van der Waals surface area contributed by atoms with E-state index < -0.39 is 0 Å². The molecule has 1 aromatic carbocycles. The number of nitrogens with zero attached hydrogens (tertiary/aromatic N) is 2. The maximum atomic E-state index is 11.8. The van der Waals surface area contributed by atoms with Crippen LogP contribution in [0.15, 0.2) is 29.3 Å². The van der Waals surface area contributed by atoms with Crippen LogP contribution in [0.3, 0.4) is 0 Å². The number of halogens is 2. The summed E-state index contributed by atoms with van der Waals surface area (Å²) in [4.78, 5) is 18.4. The molecule has 25 heavy (non-hydrogen) atoms. The molecule has 0 fully saturated rings. The van der Waals surface area contributed by atoms with Gasteiger partial charge in [-0.05, 0) is 18.6 Å². The van der Waals surface area contributed by atoms with Gasteiger partial charge in [-0.3, -0.25) is 9.79 Å². The molecule has 0 unspecified atom stereocenters. The highest BCUT2D eigenvalue weighted by atomic mass is 127. The molecule has 2 N–H and O–H groups in total. The number of guanidine groups is 1. The Morgan fingerprint density at radius 3 is 2.44 bits per heavy atom. The minimum atomic E-state index is -0.380. The summed E-state index contributed by atoms with van der Waals surface area (Å²) in [7, 11) is 1.97. The van der Waals surface area contributed by atoms with Crippen LogP contribution in [0.4, 0.5) is 0 Å². The first-order valence-electron chi connectivity index (χ1n) is 8.27. The van der Waals surface area contributed by atoms with Crippen LogP contribution < -0.4 is 10.6 Å². The fourth-order valence-corrected chi connectivity index (χ4v) is 2.22. The van der Waals surface area contributed by atoms with Crippen LogP contribution in [-0.2, 0) is 11.3 Å². The largest absolute Gasteiger partial charge is 0.357 e. The average molecular weight is 481 g/mol. The first kappa shape index (κ1) is 24.0. The Balaban J connectivity index is 0.00000576. The number of aliphatic imine (C=N–C) groups is 1. The smallest absolute Gasteiger partial charge is 0.225 e. The monoisotopic (exact) mass is 480 g/mol. The zero-order valence-electron chi connectivity index (χ0n) is 15.7. The highest BCUT2D eigenvalue weighted by Gasteiger charge is 2.20. The maximum Gasteiger partial charge on any atom is 0.225 e. The first-order valence-corrected chi connectivity index (χ1v) is 8.64. The lowest BCUT2D eigenvalue weighted by molar-refractivity contribution is -0.128. The van der Waals surface area contributed by atoms with E-state index in [1.54, 1.807) is 0 Å². The van der Waals surface area contributed by atoms with E-state index in [4.69, 9.17) is 11.6 Å². The van der Waals surface area contributed by atoms with Gasteiger partial charge in [0, 0.05) is 37.1 Å². The van der Waals surface area contributed by atoms with Crippen molar-refractivity contribution in [1.29, 1.82) is 0 Å². The van der Waals surface area contributed by atoms with Crippen LogP contribution in [0, 0.1) is 5.41 Å². The fourth-order valence-electron chi connectivity index (χ4n) is 2.02. The van der Waals surface area contributed by atoms with Crippen LogP contribution >= 0.6 is 35.6 Å². The molecule has 0 heterocycles. The van der Waals surface area contributed by atoms with Gasteiger partial charge in [-0.1, -0.05) is 50.6 Å². The molecule has 1 rings (SSSR count). The Morgan fingerprint density at radius 1 is 1.24 bits per heavy atom. The van der Waals surface area contributed by atoms with Gasteiger partial charge in [0.05, 0.1) is 6.54 Å². The summed E-state index contributed by atoms with van der Waals surface area (Å²) in [5.41, 5.74) is 0.669. The summed E-state index contributed by atoms with van der Waals surface area (Å²) in [6, 6.07) is 7.78. The van der Waals surface area contributed by atoms with E-state index in [1.807, 2.05) is 63.9 Å². The van der Waals surface area contributed by atoms with Gasteiger partial charge in [0.25, 0.3) is 0 Å². The molecule has 142 valence electrons. The van der Waals surface area contributed by atoms with E-state index in [0.29, 0.717) is 19.6 Å². The summed E-state index contributed by atoms with van der Waals surface area (Å²) < 4.78 is 0. The second kappa shape index (κ2) is 11.6. The predicted molar refractivity (Wildman–Crippen MR) is 117 cm³/mol. The summed E-state index contributed by atoms with van der Waals surface area (Å²) in [6.07, 6.45) is 0. The Labute approximate surface area is 173 Å². The van der Waals surface area contributed by atoms with Crippen LogP contribution in [0.2, 0.25) is 5.02 Å². The van der Waals surface area contributed by atoms with Gasteiger partial charge >= 0.3 is 0 Å². The minimum absolute atomic E-state index is 0. The molecule has 0 aromatic heterocycles. The van der Waals surface area contributed by atoms with Crippen molar-refractivity contribution in [3.8, 4) is 0 Å². The molecule has 0 radical (unpaired) electrons. The van der Waals surface area contributed by atoms with E-state index in [0.717, 1.165) is 23.1 Å². The molecule has 0 saturated heterocycles. The highest BCUT2D eigenvalue weighted by Crippen LogP contribution is 2.16. The fraction of sp³-hybridized carbons (Fsp3) is 0.556. The Hall–Kier alpha value is -1.02. The van der Waals surface area contributed by atoms with Gasteiger partial charge in [-0.2, -0.15) is 0 Å². The third-order valence-electron chi connectivity index (χ3n) is 3.40. The van der Waals surface area contributed by atoms with E-state index in [1.165, 1.54) is 0 Å². The molecule has 7 heteroatoms. The lowest BCUT2D eigenvalue weighted by Crippen LogP contribution is -2.40. The van der Waals surface area contributed by atoms with E-state index in [2.05, 4.69) is 15.6 Å². The Kier molecular flexibility index (Phi) is 11.1. The van der Waals surface area contributed by atoms with Gasteiger partial charge in [-0.25, -0.2) is 0 Å². The summed E-state index contributed by atoms with van der Waals surface area (Å²) >= 11 is 6.22. The van der Waals surface area contributed by atoms with Gasteiger partial charge in [0.2, 0.25) is 5.91 Å². The molecular weight excluding hydrogens is 451 g/mol. The standard InChI is InChI=1S/C18H29ClN4O.HI/c1-6-20-17(22-12-11-21-16(24)18(2,3)4)23(5)13-14-9-7-8-10-15(14)19;/h7-10H,6,11-13H2,1-5H3,(H,20,22)(H,21,24);1H. The Bertz CT molecular complexity index is 572. The van der Waals surface area contributed by atoms with Gasteiger partial charge < -0.3 is 15.5 Å². The first-order chi connectivity index (χ1) is 11.3. The van der Waals surface area contributed by atoms with Gasteiger partial charge in [0.1, 0.15) is 0 Å². The zero-order valence-corrected chi connectivity index (χ0v) is 18.8. The zero-order chi connectivity index (χ0) is 18.2. The topological polar surface area (TPSA) is 56.7 Å². The maximum absolute atomic E-state index is 11.8. The van der Waals surface area contributed by atoms with Crippen molar-refractivity contribution in [2.45, 2.75) is 34.2 Å². The average Bonchev–Trinajstić information content (AvgIpc) is 2.51. The molecule has 0 spiro atoms. The SMILES string of the molecule is CCNC(=NCCNC(=O)C(C)(C)C)N(C)Cc1ccccc1Cl.I. The summed E-state index contributed by atoms with van der Waals surface area (Å²) in [5.74, 6) is 0.828. The number of carbonyl (C=O) groups excluding carboxylic acids is 1. The number of hydrogen-bond acceptors (Lipinski definition) is 2. The van der Waals surface area contributed by atoms with Crippen molar-refractivity contribution in [3.63, 3.8) is 0 Å². The number of carbonyl (C=O) groups is 1. The number of hydrogen-bond donors (Lipinski definition) is 2. The van der Waals surface area contributed by atoms with Crippen LogP contribution in [0.1, 0.15) is 33.3 Å². The molecule has 0 aliphatic carbocycles. The molecule has 1 amide bonds. The minimum Gasteiger partial charge on any atom is -0.357 e. The van der Waals surface area contributed by atoms with Crippen molar-refractivity contribution in [2.75, 3.05) is 26.7 Å². The lowest BCUT2D eigenvalue weighted by atomic mass is 9.96. The van der Waals surface area contributed by atoms with Gasteiger partial charge in [-0.15, -0.1) is 24.0 Å². The molecule has 0 saturated carbocycles. The number of rotatable bonds is 6. The molecule has 0 aliphatic heterocycles. The third-order valence-corrected chi connectivity index (χ3v) is 3.77. The lowest BCUT2D eigenvalue weighted by Gasteiger charge is -2.23. The van der Waals surface area contributed by atoms with Gasteiger partial charge in [0.15, 0.2) is 5.96 Å². The quantitative estimate of drug-likeness (QED) is 0.283. The Morgan fingerprint density at radius 2 is 1.88 bits per heavy atom. The normalized spacial score (nSPS) is 11.5. The molecule has 0 aliphatic rings. The van der Waals surface area contributed by atoms with E-state index in [-0.39, 0.29) is 35.3 Å². The summed E-state index contributed by atoms with van der Waals surface area (Å²) in [5, 5.41) is 6.91. The molecule has 5 nitrogen and oxygen atoms in total. The number of amides is 1. The predicted octanol–water partition coefficient (Wildman–Crippen LogP) is 3.52. The van der Waals surface area contributed by atoms with Crippen molar-refractivity contribution in [3.05, 3.63) is 34.9 Å². The highest BCUT2D eigenvalue weighted by molar-refractivity contribution is 14.0. The van der Waals surface area contributed by atoms with E-state index >= 15 is 0 Å². The van der Waals surface area contributed by atoms with Crippen LogP contribution in [0.25, 0.3) is 0 Å². The van der Waals surface area contributed by atoms with Crippen molar-refractivity contribution in [1.82, 2.24) is 15.5 Å². The van der Waals surface area contributed by atoms with Crippen molar-refractivity contribution < 1.29 is 4.79 Å². The third kappa shape index (κ3) is 8.76. The van der Waals surface area contributed by atoms with Crippen molar-refractivity contribution >= 4 is 47.4 Å². The summed E-state index contributed by atoms with van der Waals surface area (Å²) in [6.45, 7) is 10.2. The molecular formula is C18H30ClIN4O. The molecule has 1 aromatic rings. The van der Waals surface area contributed by atoms with Crippen molar-refractivity contribution in [2.24, 2.45) is 10.4 Å².